The molecule has 29 heavy (non-hydrogen) atoms. The van der Waals surface area contributed by atoms with Gasteiger partial charge in [-0.2, -0.15) is 0 Å². The van der Waals surface area contributed by atoms with Crippen molar-refractivity contribution < 1.29 is 9.59 Å². The maximum atomic E-state index is 13.4. The molecule has 2 aromatic carbocycles. The van der Waals surface area contributed by atoms with Gasteiger partial charge in [-0.15, -0.1) is 0 Å². The van der Waals surface area contributed by atoms with E-state index >= 15 is 0 Å². The number of carbonyl (C=O) groups is 2. The number of hydrogen-bond acceptors (Lipinski definition) is 3. The van der Waals surface area contributed by atoms with E-state index in [4.69, 9.17) is 0 Å². The van der Waals surface area contributed by atoms with Crippen molar-refractivity contribution in [2.75, 3.05) is 13.1 Å². The van der Waals surface area contributed by atoms with Crippen LogP contribution in [0.2, 0.25) is 0 Å². The Bertz CT molecular complexity index is 896. The Labute approximate surface area is 172 Å². The molecular formula is C24H29N3O2. The van der Waals surface area contributed by atoms with Crippen LogP contribution >= 0.6 is 0 Å². The van der Waals surface area contributed by atoms with Crippen LogP contribution in [0, 0.1) is 13.8 Å². The lowest BCUT2D eigenvalue weighted by Gasteiger charge is -2.47. The summed E-state index contributed by atoms with van der Waals surface area (Å²) < 4.78 is 0. The van der Waals surface area contributed by atoms with Crippen molar-refractivity contribution in [3.05, 3.63) is 70.8 Å². The zero-order valence-corrected chi connectivity index (χ0v) is 17.2. The van der Waals surface area contributed by atoms with Crippen LogP contribution in [0.5, 0.6) is 0 Å². The van der Waals surface area contributed by atoms with Crippen LogP contribution in [0.3, 0.4) is 0 Å². The monoisotopic (exact) mass is 391 g/mol. The van der Waals surface area contributed by atoms with Crippen molar-refractivity contribution in [2.45, 2.75) is 51.7 Å². The van der Waals surface area contributed by atoms with Gasteiger partial charge in [-0.25, -0.2) is 4.79 Å². The molecule has 152 valence electrons. The van der Waals surface area contributed by atoms with Gasteiger partial charge in [0.1, 0.15) is 6.04 Å². The lowest BCUT2D eigenvalue weighted by Crippen LogP contribution is -2.69. The van der Waals surface area contributed by atoms with Gasteiger partial charge in [0.05, 0.1) is 6.04 Å². The first-order valence-corrected chi connectivity index (χ1v) is 10.5. The molecule has 2 aliphatic rings. The number of piperidine rings is 1. The summed E-state index contributed by atoms with van der Waals surface area (Å²) in [6, 6.07) is 15.8. The number of hydrogen-bond donors (Lipinski definition) is 1. The number of nitrogens with one attached hydrogen (secondary N) is 1. The normalized spacial score (nSPS) is 22.0. The van der Waals surface area contributed by atoms with Crippen molar-refractivity contribution in [1.82, 2.24) is 15.1 Å². The molecular weight excluding hydrogens is 362 g/mol. The van der Waals surface area contributed by atoms with Crippen molar-refractivity contribution in [2.24, 2.45) is 0 Å². The molecule has 2 atom stereocenters. The molecule has 2 aromatic rings. The molecule has 0 aromatic heterocycles. The second-order valence-corrected chi connectivity index (χ2v) is 8.21. The number of nitrogens with zero attached hydrogens (tertiary/aromatic N) is 2. The smallest absolute Gasteiger partial charge is 0.315 e. The first-order chi connectivity index (χ1) is 14.0. The van der Waals surface area contributed by atoms with E-state index in [1.165, 1.54) is 16.0 Å². The summed E-state index contributed by atoms with van der Waals surface area (Å²) in [4.78, 5) is 29.9. The number of benzene rings is 2. The minimum absolute atomic E-state index is 0.0726. The molecule has 3 amide bonds. The molecule has 2 heterocycles. The van der Waals surface area contributed by atoms with Crippen LogP contribution in [0.4, 0.5) is 4.79 Å². The molecule has 5 heteroatoms. The SMILES string of the molecule is Cc1ccc(C)c(CN2C(=O)N(CCc3ccccc3)C(=O)C3NCCCC32)c1. The van der Waals surface area contributed by atoms with Crippen LogP contribution in [-0.4, -0.2) is 46.9 Å². The fourth-order valence-electron chi connectivity index (χ4n) is 4.45. The highest BCUT2D eigenvalue weighted by molar-refractivity contribution is 6.00. The number of imide groups is 1. The number of fused-ring (bicyclic) bond motifs is 1. The summed E-state index contributed by atoms with van der Waals surface area (Å²) in [6.45, 7) is 5.94. The first kappa shape index (κ1) is 19.6. The fraction of sp³-hybridized carbons (Fsp3) is 0.417. The Morgan fingerprint density at radius 1 is 1.07 bits per heavy atom. The van der Waals surface area contributed by atoms with Gasteiger partial charge in [0.15, 0.2) is 0 Å². The summed E-state index contributed by atoms with van der Waals surface area (Å²) in [5, 5.41) is 3.38. The fourth-order valence-corrected chi connectivity index (χ4v) is 4.45. The average Bonchev–Trinajstić information content (AvgIpc) is 2.74. The van der Waals surface area contributed by atoms with Crippen LogP contribution in [-0.2, 0) is 17.8 Å². The molecule has 0 spiro atoms. The lowest BCUT2D eigenvalue weighted by molar-refractivity contribution is -0.137. The molecule has 0 saturated carbocycles. The molecule has 1 N–H and O–H groups in total. The molecule has 2 unspecified atom stereocenters. The number of urea groups is 1. The largest absolute Gasteiger partial charge is 0.327 e. The van der Waals surface area contributed by atoms with Gasteiger partial charge >= 0.3 is 6.03 Å². The van der Waals surface area contributed by atoms with E-state index in [0.29, 0.717) is 19.5 Å². The van der Waals surface area contributed by atoms with Crippen molar-refractivity contribution in [1.29, 1.82) is 0 Å². The third-order valence-electron chi connectivity index (χ3n) is 6.15. The van der Waals surface area contributed by atoms with E-state index in [9.17, 15) is 9.59 Å². The topological polar surface area (TPSA) is 52.7 Å². The lowest BCUT2D eigenvalue weighted by atomic mass is 9.92. The maximum Gasteiger partial charge on any atom is 0.327 e. The standard InChI is InChI=1S/C24H29N3O2/c1-17-10-11-18(2)20(15-17)16-27-21-9-6-13-25-22(21)23(28)26(24(27)29)14-12-19-7-4-3-5-8-19/h3-5,7-8,10-11,15,21-22,25H,6,9,12-14,16H2,1-2H3. The molecule has 4 rings (SSSR count). The van der Waals surface area contributed by atoms with E-state index in [1.807, 2.05) is 35.2 Å². The highest BCUT2D eigenvalue weighted by Crippen LogP contribution is 2.27. The highest BCUT2D eigenvalue weighted by atomic mass is 16.2. The number of aryl methyl sites for hydroxylation is 2. The van der Waals surface area contributed by atoms with E-state index < -0.39 is 0 Å². The summed E-state index contributed by atoms with van der Waals surface area (Å²) in [5.41, 5.74) is 4.65. The van der Waals surface area contributed by atoms with Gasteiger partial charge in [0.25, 0.3) is 0 Å². The van der Waals surface area contributed by atoms with Gasteiger partial charge < -0.3 is 10.2 Å². The van der Waals surface area contributed by atoms with Crippen LogP contribution < -0.4 is 5.32 Å². The Balaban J connectivity index is 1.59. The van der Waals surface area contributed by atoms with E-state index in [0.717, 1.165) is 30.5 Å². The molecule has 2 fully saturated rings. The van der Waals surface area contributed by atoms with Gasteiger partial charge in [-0.05, 0) is 56.3 Å². The van der Waals surface area contributed by atoms with Crippen molar-refractivity contribution in [3.63, 3.8) is 0 Å². The molecule has 2 saturated heterocycles. The molecule has 0 aliphatic carbocycles. The van der Waals surface area contributed by atoms with E-state index in [-0.39, 0.29) is 24.0 Å². The van der Waals surface area contributed by atoms with Gasteiger partial charge in [-0.1, -0.05) is 54.1 Å². The zero-order chi connectivity index (χ0) is 20.4. The minimum Gasteiger partial charge on any atom is -0.315 e. The molecule has 0 bridgehead atoms. The number of carbonyl (C=O) groups excluding carboxylic acids is 2. The first-order valence-electron chi connectivity index (χ1n) is 10.5. The third kappa shape index (κ3) is 4.06. The van der Waals surface area contributed by atoms with Gasteiger partial charge in [0, 0.05) is 13.1 Å². The van der Waals surface area contributed by atoms with Gasteiger partial charge in [-0.3, -0.25) is 9.69 Å². The quantitative estimate of drug-likeness (QED) is 0.850. The second kappa shape index (κ2) is 8.37. The van der Waals surface area contributed by atoms with Crippen molar-refractivity contribution in [3.8, 4) is 0 Å². The van der Waals surface area contributed by atoms with Crippen molar-refractivity contribution >= 4 is 11.9 Å². The van der Waals surface area contributed by atoms with E-state index in [2.05, 4.69) is 37.4 Å². The zero-order valence-electron chi connectivity index (χ0n) is 17.2. The highest BCUT2D eigenvalue weighted by Gasteiger charge is 2.46. The second-order valence-electron chi connectivity index (χ2n) is 8.21. The van der Waals surface area contributed by atoms with E-state index in [1.54, 1.807) is 0 Å². The summed E-state index contributed by atoms with van der Waals surface area (Å²) in [7, 11) is 0. The Kier molecular flexibility index (Phi) is 5.67. The molecule has 5 nitrogen and oxygen atoms in total. The number of rotatable bonds is 5. The van der Waals surface area contributed by atoms with Crippen LogP contribution in [0.1, 0.15) is 35.1 Å². The predicted octanol–water partition coefficient (Wildman–Crippen LogP) is 3.43. The summed E-state index contributed by atoms with van der Waals surface area (Å²) >= 11 is 0. The Morgan fingerprint density at radius 2 is 1.86 bits per heavy atom. The average molecular weight is 392 g/mol. The Hall–Kier alpha value is -2.66. The number of amides is 3. The Morgan fingerprint density at radius 3 is 2.66 bits per heavy atom. The summed E-state index contributed by atoms with van der Waals surface area (Å²) in [6.07, 6.45) is 2.52. The minimum atomic E-state index is -0.303. The maximum absolute atomic E-state index is 13.4. The van der Waals surface area contributed by atoms with Crippen LogP contribution in [0.15, 0.2) is 48.5 Å². The predicted molar refractivity (Wildman–Crippen MR) is 114 cm³/mol. The molecule has 2 aliphatic heterocycles. The third-order valence-corrected chi connectivity index (χ3v) is 6.15. The van der Waals surface area contributed by atoms with Gasteiger partial charge in [0.2, 0.25) is 5.91 Å². The summed E-state index contributed by atoms with van der Waals surface area (Å²) in [5.74, 6) is -0.0761. The molecule has 0 radical (unpaired) electrons. The van der Waals surface area contributed by atoms with Crippen LogP contribution in [0.25, 0.3) is 0 Å².